The van der Waals surface area contributed by atoms with Crippen LogP contribution in [0.4, 0.5) is 0 Å². The molecule has 3 fully saturated rings. The number of methoxy groups -OCH3 is 1. The third-order valence-corrected chi connectivity index (χ3v) is 8.19. The van der Waals surface area contributed by atoms with Crippen molar-refractivity contribution in [1.82, 2.24) is 20.5 Å². The summed E-state index contributed by atoms with van der Waals surface area (Å²) in [6, 6.07) is 8.78. The molecular formula is C25H29ClN4O2. The molecule has 6 rings (SSSR count). The van der Waals surface area contributed by atoms with Gasteiger partial charge < -0.3 is 14.8 Å². The van der Waals surface area contributed by atoms with Gasteiger partial charge in [0.25, 0.3) is 0 Å². The van der Waals surface area contributed by atoms with E-state index in [4.69, 9.17) is 21.1 Å². The number of hydrogen-bond acceptors (Lipinski definition) is 5. The van der Waals surface area contributed by atoms with E-state index in [9.17, 15) is 0 Å². The first kappa shape index (κ1) is 20.5. The van der Waals surface area contributed by atoms with Crippen molar-refractivity contribution in [1.29, 1.82) is 0 Å². The highest BCUT2D eigenvalue weighted by molar-refractivity contribution is 6.32. The van der Waals surface area contributed by atoms with E-state index in [0.29, 0.717) is 29.7 Å². The van der Waals surface area contributed by atoms with Crippen molar-refractivity contribution in [3.05, 3.63) is 41.0 Å². The summed E-state index contributed by atoms with van der Waals surface area (Å²) in [5.41, 5.74) is 4.12. The number of ether oxygens (including phenoxy) is 2. The number of hydrogen-bond donors (Lipinski definition) is 2. The molecule has 0 amide bonds. The number of nitrogens with one attached hydrogen (secondary N) is 2. The monoisotopic (exact) mass is 452 g/mol. The van der Waals surface area contributed by atoms with Gasteiger partial charge in [0.15, 0.2) is 0 Å². The number of benzene rings is 1. The van der Waals surface area contributed by atoms with E-state index in [1.807, 2.05) is 18.2 Å². The number of pyridine rings is 1. The molecular weight excluding hydrogens is 424 g/mol. The molecule has 0 radical (unpaired) electrons. The van der Waals surface area contributed by atoms with Gasteiger partial charge in [-0.2, -0.15) is 5.10 Å². The Hall–Kier alpha value is -2.15. The van der Waals surface area contributed by atoms with Crippen LogP contribution in [0.25, 0.3) is 22.2 Å². The van der Waals surface area contributed by atoms with E-state index in [0.717, 1.165) is 52.9 Å². The Morgan fingerprint density at radius 2 is 2.12 bits per heavy atom. The number of fused-ring (bicyclic) bond motifs is 2. The Labute approximate surface area is 193 Å². The molecule has 6 nitrogen and oxygen atoms in total. The second kappa shape index (κ2) is 8.32. The normalized spacial score (nSPS) is 30.0. The highest BCUT2D eigenvalue weighted by atomic mass is 35.5. The van der Waals surface area contributed by atoms with Gasteiger partial charge in [0, 0.05) is 40.9 Å². The van der Waals surface area contributed by atoms with Gasteiger partial charge in [-0.1, -0.05) is 11.6 Å². The molecule has 7 heteroatoms. The van der Waals surface area contributed by atoms with E-state index in [-0.39, 0.29) is 0 Å². The van der Waals surface area contributed by atoms with E-state index in [1.165, 1.54) is 31.2 Å². The van der Waals surface area contributed by atoms with Crippen molar-refractivity contribution >= 4 is 22.5 Å². The number of aromatic nitrogens is 3. The lowest BCUT2D eigenvalue weighted by Gasteiger charge is -2.31. The van der Waals surface area contributed by atoms with Gasteiger partial charge in [-0.15, -0.1) is 0 Å². The molecule has 168 valence electrons. The summed E-state index contributed by atoms with van der Waals surface area (Å²) in [6.45, 7) is 2.95. The Balaban J connectivity index is 1.30. The Bertz CT molecular complexity index is 1130. The van der Waals surface area contributed by atoms with Crippen LogP contribution in [0.15, 0.2) is 30.5 Å². The number of halogens is 1. The molecule has 2 aliphatic heterocycles. The third-order valence-electron chi connectivity index (χ3n) is 7.87. The summed E-state index contributed by atoms with van der Waals surface area (Å²) in [5, 5.41) is 13.5. The molecule has 0 unspecified atom stereocenters. The molecule has 0 spiro atoms. The molecule has 1 aliphatic carbocycles. The number of rotatable bonds is 4. The minimum absolute atomic E-state index is 0.491. The summed E-state index contributed by atoms with van der Waals surface area (Å²) in [5.74, 6) is 3.17. The lowest BCUT2D eigenvalue weighted by atomic mass is 9.83. The molecule has 2 aromatic heterocycles. The van der Waals surface area contributed by atoms with Crippen molar-refractivity contribution in [2.45, 2.75) is 37.6 Å². The lowest BCUT2D eigenvalue weighted by Crippen LogP contribution is -2.39. The van der Waals surface area contributed by atoms with Gasteiger partial charge in [-0.3, -0.25) is 5.10 Å². The minimum Gasteiger partial charge on any atom is -0.481 e. The third kappa shape index (κ3) is 3.49. The SMILES string of the molecule is COc1cc(-c2n[nH]c3cc(Cl)c([C@H]4C[C@@H]5CN[C@H]([C@@H]6CCCOC6)[C@H]5C4)cc23)ccn1. The first-order valence-corrected chi connectivity index (χ1v) is 12.1. The second-order valence-corrected chi connectivity index (χ2v) is 9.99. The summed E-state index contributed by atoms with van der Waals surface area (Å²) in [7, 11) is 1.63. The van der Waals surface area contributed by atoms with Crippen LogP contribution in [0.1, 0.15) is 37.2 Å². The largest absolute Gasteiger partial charge is 0.481 e. The summed E-state index contributed by atoms with van der Waals surface area (Å²) >= 11 is 6.81. The van der Waals surface area contributed by atoms with E-state index >= 15 is 0 Å². The fourth-order valence-electron chi connectivity index (χ4n) is 6.35. The van der Waals surface area contributed by atoms with Crippen LogP contribution < -0.4 is 10.1 Å². The van der Waals surface area contributed by atoms with Gasteiger partial charge in [0.1, 0.15) is 5.69 Å². The molecule has 5 atom stereocenters. The van der Waals surface area contributed by atoms with Crippen molar-refractivity contribution < 1.29 is 9.47 Å². The van der Waals surface area contributed by atoms with Gasteiger partial charge in [0.05, 0.1) is 19.2 Å². The van der Waals surface area contributed by atoms with E-state index < -0.39 is 0 Å². The van der Waals surface area contributed by atoms with Gasteiger partial charge in [-0.25, -0.2) is 4.98 Å². The fraction of sp³-hybridized carbons (Fsp3) is 0.520. The van der Waals surface area contributed by atoms with Crippen molar-refractivity contribution in [3.63, 3.8) is 0 Å². The average molecular weight is 453 g/mol. The summed E-state index contributed by atoms with van der Waals surface area (Å²) in [6.07, 6.45) is 6.62. The van der Waals surface area contributed by atoms with Crippen molar-refractivity contribution in [2.24, 2.45) is 17.8 Å². The maximum Gasteiger partial charge on any atom is 0.213 e. The molecule has 4 heterocycles. The van der Waals surface area contributed by atoms with Crippen LogP contribution in [-0.4, -0.2) is 48.1 Å². The molecule has 32 heavy (non-hydrogen) atoms. The predicted octanol–water partition coefficient (Wildman–Crippen LogP) is 4.80. The van der Waals surface area contributed by atoms with Crippen molar-refractivity contribution in [3.8, 4) is 17.1 Å². The molecule has 2 N–H and O–H groups in total. The Morgan fingerprint density at radius 3 is 2.97 bits per heavy atom. The van der Waals surface area contributed by atoms with Crippen LogP contribution >= 0.6 is 11.6 Å². The molecule has 1 aromatic carbocycles. The zero-order chi connectivity index (χ0) is 21.7. The Kier molecular flexibility index (Phi) is 5.32. The average Bonchev–Trinajstić information content (AvgIpc) is 3.53. The highest BCUT2D eigenvalue weighted by Crippen LogP contribution is 2.50. The van der Waals surface area contributed by atoms with Crippen molar-refractivity contribution in [2.75, 3.05) is 26.9 Å². The van der Waals surface area contributed by atoms with Gasteiger partial charge >= 0.3 is 0 Å². The molecule has 0 bridgehead atoms. The summed E-state index contributed by atoms with van der Waals surface area (Å²) in [4.78, 5) is 4.22. The van der Waals surface area contributed by atoms with Crippen LogP contribution in [0.5, 0.6) is 5.88 Å². The topological polar surface area (TPSA) is 72.1 Å². The number of H-pyrrole nitrogens is 1. The van der Waals surface area contributed by atoms with E-state index in [1.54, 1.807) is 13.3 Å². The molecule has 3 aromatic rings. The smallest absolute Gasteiger partial charge is 0.213 e. The maximum absolute atomic E-state index is 6.81. The number of aromatic amines is 1. The van der Waals surface area contributed by atoms with E-state index in [2.05, 4.69) is 26.6 Å². The van der Waals surface area contributed by atoms with Gasteiger partial charge in [0.2, 0.25) is 5.88 Å². The van der Waals surface area contributed by atoms with Crippen LogP contribution in [0.3, 0.4) is 0 Å². The first-order chi connectivity index (χ1) is 15.7. The lowest BCUT2D eigenvalue weighted by molar-refractivity contribution is 0.0345. The standard InChI is InChI=1S/C25H29ClN4O2/c1-31-23-9-14(4-5-27-23)25-20-10-18(21(26)11-22(20)29-30-25)16-7-17-12-28-24(19(17)8-16)15-3-2-6-32-13-15/h4-5,9-11,15-17,19,24,28H,2-3,6-8,12-13H2,1H3,(H,29,30)/t15-,16+,17-,19+,24-/m1/s1. The first-order valence-electron chi connectivity index (χ1n) is 11.7. The zero-order valence-corrected chi connectivity index (χ0v) is 19.1. The number of nitrogens with zero attached hydrogens (tertiary/aromatic N) is 2. The van der Waals surface area contributed by atoms with Crippen LogP contribution in [0, 0.1) is 17.8 Å². The van der Waals surface area contributed by atoms with Gasteiger partial charge in [-0.05, 0) is 79.7 Å². The quantitative estimate of drug-likeness (QED) is 0.595. The predicted molar refractivity (Wildman–Crippen MR) is 125 cm³/mol. The highest BCUT2D eigenvalue weighted by Gasteiger charge is 2.46. The van der Waals surface area contributed by atoms with Crippen LogP contribution in [-0.2, 0) is 4.74 Å². The fourth-order valence-corrected chi connectivity index (χ4v) is 6.66. The molecule has 3 aliphatic rings. The minimum atomic E-state index is 0.491. The maximum atomic E-state index is 6.81. The second-order valence-electron chi connectivity index (χ2n) is 9.58. The zero-order valence-electron chi connectivity index (χ0n) is 18.3. The summed E-state index contributed by atoms with van der Waals surface area (Å²) < 4.78 is 11.1. The molecule has 1 saturated carbocycles. The molecule has 2 saturated heterocycles. The Morgan fingerprint density at radius 1 is 1.19 bits per heavy atom. The van der Waals surface area contributed by atoms with Crippen LogP contribution in [0.2, 0.25) is 5.02 Å².